The molecule has 6 heteroatoms. The standard InChI is InChI=1S/C24H26N6/c1-16-17(2)28(3)23(26-16)13-29-14-24(15-29)8-9-30-22(24)11-21(27-30)19-10-18-6-4-5-7-20(18)25-12-19/h4-7,10-12H,8-9,13-15H2,1-3H3. The van der Waals surface area contributed by atoms with Crippen LogP contribution in [0.3, 0.4) is 0 Å². The van der Waals surface area contributed by atoms with Crippen LogP contribution in [-0.4, -0.2) is 42.3 Å². The van der Waals surface area contributed by atoms with Crippen molar-refractivity contribution >= 4 is 10.9 Å². The van der Waals surface area contributed by atoms with Crippen LogP contribution in [0.25, 0.3) is 22.2 Å². The molecule has 0 aliphatic carbocycles. The first kappa shape index (κ1) is 17.8. The molecule has 4 aromatic rings. The molecule has 0 N–H and O–H groups in total. The van der Waals surface area contributed by atoms with Gasteiger partial charge in [0.15, 0.2) is 0 Å². The van der Waals surface area contributed by atoms with E-state index in [-0.39, 0.29) is 5.41 Å². The summed E-state index contributed by atoms with van der Waals surface area (Å²) in [5.41, 5.74) is 7.18. The van der Waals surface area contributed by atoms with E-state index in [0.717, 1.165) is 59.9 Å². The molecule has 0 bridgehead atoms. The van der Waals surface area contributed by atoms with E-state index in [9.17, 15) is 0 Å². The number of aryl methyl sites for hydroxylation is 2. The molecule has 1 aromatic carbocycles. The fourth-order valence-electron chi connectivity index (χ4n) is 5.18. The lowest BCUT2D eigenvalue weighted by Crippen LogP contribution is -2.57. The molecule has 1 spiro atoms. The molecule has 3 aromatic heterocycles. The highest BCUT2D eigenvalue weighted by Crippen LogP contribution is 2.44. The molecule has 5 heterocycles. The van der Waals surface area contributed by atoms with E-state index >= 15 is 0 Å². The molecule has 30 heavy (non-hydrogen) atoms. The number of para-hydroxylation sites is 1. The lowest BCUT2D eigenvalue weighted by Gasteiger charge is -2.47. The maximum absolute atomic E-state index is 4.92. The van der Waals surface area contributed by atoms with Crippen LogP contribution in [-0.2, 0) is 25.6 Å². The summed E-state index contributed by atoms with van der Waals surface area (Å²) in [6.45, 7) is 8.32. The second-order valence-corrected chi connectivity index (χ2v) is 8.99. The first-order valence-corrected chi connectivity index (χ1v) is 10.7. The van der Waals surface area contributed by atoms with Crippen molar-refractivity contribution in [2.75, 3.05) is 13.1 Å². The van der Waals surface area contributed by atoms with Gasteiger partial charge in [-0.05, 0) is 38.5 Å². The summed E-state index contributed by atoms with van der Waals surface area (Å²) in [7, 11) is 2.12. The Labute approximate surface area is 176 Å². The Kier molecular flexibility index (Phi) is 3.72. The van der Waals surface area contributed by atoms with Crippen molar-refractivity contribution in [1.29, 1.82) is 0 Å². The second-order valence-electron chi connectivity index (χ2n) is 8.99. The Bertz CT molecular complexity index is 1270. The summed E-state index contributed by atoms with van der Waals surface area (Å²) in [6, 6.07) is 12.7. The van der Waals surface area contributed by atoms with E-state index < -0.39 is 0 Å². The maximum atomic E-state index is 4.92. The number of nitrogens with zero attached hydrogens (tertiary/aromatic N) is 6. The van der Waals surface area contributed by atoms with Gasteiger partial charge in [0.1, 0.15) is 5.82 Å². The van der Waals surface area contributed by atoms with Gasteiger partial charge in [-0.2, -0.15) is 5.10 Å². The molecule has 0 saturated carbocycles. The lowest BCUT2D eigenvalue weighted by atomic mass is 9.76. The predicted molar refractivity (Wildman–Crippen MR) is 117 cm³/mol. The average Bonchev–Trinajstić information content (AvgIpc) is 3.37. The Morgan fingerprint density at radius 1 is 1.10 bits per heavy atom. The van der Waals surface area contributed by atoms with E-state index in [1.807, 2.05) is 12.3 Å². The maximum Gasteiger partial charge on any atom is 0.123 e. The normalized spacial score (nSPS) is 17.6. The van der Waals surface area contributed by atoms with Crippen LogP contribution in [0.4, 0.5) is 0 Å². The Morgan fingerprint density at radius 2 is 1.93 bits per heavy atom. The van der Waals surface area contributed by atoms with Crippen LogP contribution in [0.2, 0.25) is 0 Å². The molecular formula is C24H26N6. The van der Waals surface area contributed by atoms with Gasteiger partial charge < -0.3 is 4.57 Å². The summed E-state index contributed by atoms with van der Waals surface area (Å²) in [5.74, 6) is 1.16. The van der Waals surface area contributed by atoms with Gasteiger partial charge in [-0.15, -0.1) is 0 Å². The first-order chi connectivity index (χ1) is 14.5. The van der Waals surface area contributed by atoms with Gasteiger partial charge in [0.2, 0.25) is 0 Å². The van der Waals surface area contributed by atoms with Crippen LogP contribution in [0, 0.1) is 13.8 Å². The highest BCUT2D eigenvalue weighted by Gasteiger charge is 2.49. The summed E-state index contributed by atoms with van der Waals surface area (Å²) >= 11 is 0. The van der Waals surface area contributed by atoms with E-state index in [4.69, 9.17) is 10.1 Å². The van der Waals surface area contributed by atoms with Gasteiger partial charge in [0.25, 0.3) is 0 Å². The van der Waals surface area contributed by atoms with Crippen molar-refractivity contribution in [3.8, 4) is 11.3 Å². The van der Waals surface area contributed by atoms with Crippen LogP contribution < -0.4 is 0 Å². The van der Waals surface area contributed by atoms with Gasteiger partial charge in [-0.25, -0.2) is 4.98 Å². The van der Waals surface area contributed by atoms with Crippen molar-refractivity contribution in [2.45, 2.75) is 38.8 Å². The van der Waals surface area contributed by atoms with Crippen LogP contribution in [0.15, 0.2) is 42.6 Å². The molecule has 0 atom stereocenters. The Hall–Kier alpha value is -2.99. The van der Waals surface area contributed by atoms with Gasteiger partial charge in [0, 0.05) is 60.6 Å². The SMILES string of the molecule is Cc1nc(CN2CC3(CCn4nc(-c5cnc6ccccc6c5)cc43)C2)n(C)c1C. The zero-order valence-corrected chi connectivity index (χ0v) is 17.8. The molecule has 152 valence electrons. The van der Waals surface area contributed by atoms with Crippen molar-refractivity contribution in [3.05, 3.63) is 65.5 Å². The summed E-state index contributed by atoms with van der Waals surface area (Å²) in [6.07, 6.45) is 3.13. The minimum absolute atomic E-state index is 0.241. The van der Waals surface area contributed by atoms with Crippen LogP contribution in [0.5, 0.6) is 0 Å². The van der Waals surface area contributed by atoms with Crippen LogP contribution in [0.1, 0.15) is 29.3 Å². The number of fused-ring (bicyclic) bond motifs is 3. The summed E-state index contributed by atoms with van der Waals surface area (Å²) < 4.78 is 4.45. The summed E-state index contributed by atoms with van der Waals surface area (Å²) in [5, 5.41) is 6.09. The van der Waals surface area contributed by atoms with Crippen molar-refractivity contribution < 1.29 is 0 Å². The summed E-state index contributed by atoms with van der Waals surface area (Å²) in [4.78, 5) is 11.9. The number of rotatable bonds is 3. The molecule has 1 fully saturated rings. The molecule has 6 rings (SSSR count). The average molecular weight is 399 g/mol. The number of benzene rings is 1. The molecule has 0 unspecified atom stereocenters. The van der Waals surface area contributed by atoms with Gasteiger partial charge in [-0.1, -0.05) is 18.2 Å². The molecule has 6 nitrogen and oxygen atoms in total. The molecule has 0 amide bonds. The third-order valence-corrected chi connectivity index (χ3v) is 7.14. The van der Waals surface area contributed by atoms with E-state index in [2.05, 4.69) is 70.4 Å². The highest BCUT2D eigenvalue weighted by atomic mass is 15.3. The predicted octanol–water partition coefficient (Wildman–Crippen LogP) is 3.61. The van der Waals surface area contributed by atoms with Gasteiger partial charge in [0.05, 0.1) is 23.4 Å². The molecule has 1 saturated heterocycles. The second kappa shape index (κ2) is 6.25. The minimum Gasteiger partial charge on any atom is -0.334 e. The zero-order valence-electron chi connectivity index (χ0n) is 17.8. The molecular weight excluding hydrogens is 372 g/mol. The van der Waals surface area contributed by atoms with E-state index in [1.165, 1.54) is 17.8 Å². The highest BCUT2D eigenvalue weighted by molar-refractivity contribution is 5.82. The number of aromatic nitrogens is 5. The Morgan fingerprint density at radius 3 is 2.73 bits per heavy atom. The minimum atomic E-state index is 0.241. The van der Waals surface area contributed by atoms with Crippen molar-refractivity contribution in [1.82, 2.24) is 29.2 Å². The molecule has 2 aliphatic rings. The van der Waals surface area contributed by atoms with Gasteiger partial charge >= 0.3 is 0 Å². The zero-order chi connectivity index (χ0) is 20.5. The topological polar surface area (TPSA) is 51.8 Å². The largest absolute Gasteiger partial charge is 0.334 e. The third-order valence-electron chi connectivity index (χ3n) is 7.14. The first-order valence-electron chi connectivity index (χ1n) is 10.7. The quantitative estimate of drug-likeness (QED) is 0.529. The molecule has 0 radical (unpaired) electrons. The number of imidazole rings is 1. The molecule has 2 aliphatic heterocycles. The number of hydrogen-bond donors (Lipinski definition) is 0. The third kappa shape index (κ3) is 2.56. The number of likely N-dealkylation sites (tertiary alicyclic amines) is 1. The van der Waals surface area contributed by atoms with Crippen molar-refractivity contribution in [3.63, 3.8) is 0 Å². The number of hydrogen-bond acceptors (Lipinski definition) is 4. The van der Waals surface area contributed by atoms with E-state index in [1.54, 1.807) is 0 Å². The lowest BCUT2D eigenvalue weighted by molar-refractivity contribution is 0.0549. The number of pyridine rings is 1. The van der Waals surface area contributed by atoms with Crippen molar-refractivity contribution in [2.24, 2.45) is 7.05 Å². The van der Waals surface area contributed by atoms with Crippen LogP contribution >= 0.6 is 0 Å². The monoisotopic (exact) mass is 398 g/mol. The van der Waals surface area contributed by atoms with Gasteiger partial charge in [-0.3, -0.25) is 14.6 Å². The fourth-order valence-corrected chi connectivity index (χ4v) is 5.18. The van der Waals surface area contributed by atoms with E-state index in [0.29, 0.717) is 0 Å². The fraction of sp³-hybridized carbons (Fsp3) is 0.375. The smallest absolute Gasteiger partial charge is 0.123 e. The Balaban J connectivity index is 1.24.